The Kier molecular flexibility index (Phi) is 2.95. The maximum absolute atomic E-state index is 6.18. The summed E-state index contributed by atoms with van der Waals surface area (Å²) in [5.41, 5.74) is 0. The maximum atomic E-state index is 6.18. The summed E-state index contributed by atoms with van der Waals surface area (Å²) in [4.78, 5) is 0. The van der Waals surface area contributed by atoms with Crippen LogP contribution in [0.4, 0.5) is 0 Å². The highest BCUT2D eigenvalue weighted by Crippen LogP contribution is 2.22. The van der Waals surface area contributed by atoms with Gasteiger partial charge in [0.05, 0.1) is 7.59 Å². The van der Waals surface area contributed by atoms with E-state index in [1.807, 2.05) is 0 Å². The average Bonchev–Trinajstić information content (AvgIpc) is 1.64. The summed E-state index contributed by atoms with van der Waals surface area (Å²) in [6, 6.07) is 0. The van der Waals surface area contributed by atoms with Crippen molar-refractivity contribution in [2.24, 2.45) is 0 Å². The second-order valence-electron chi connectivity index (χ2n) is 3.37. The predicted molar refractivity (Wildman–Crippen MR) is 47.8 cm³/mol. The highest BCUT2D eigenvalue weighted by Gasteiger charge is 2.41. The molecule has 0 radical (unpaired) electrons. The van der Waals surface area contributed by atoms with Crippen LogP contribution in [0.1, 0.15) is 0 Å². The summed E-state index contributed by atoms with van der Waals surface area (Å²) < 4.78 is 5.27. The summed E-state index contributed by atoms with van der Waals surface area (Å²) in [5, 5.41) is 0. The molecule has 0 N–H and O–H groups in total. The molecule has 0 rings (SSSR count). The summed E-state index contributed by atoms with van der Waals surface area (Å²) in [7, 11) is -1.25. The average molecular weight is 183 g/mol. The van der Waals surface area contributed by atoms with Crippen molar-refractivity contribution in [2.45, 2.75) is 26.2 Å². The van der Waals surface area contributed by atoms with E-state index in [9.17, 15) is 0 Å². The van der Waals surface area contributed by atoms with Crippen molar-refractivity contribution in [1.29, 1.82) is 0 Å². The van der Waals surface area contributed by atoms with E-state index in [1.165, 1.54) is 0 Å². The van der Waals surface area contributed by atoms with Crippen LogP contribution in [0.25, 0.3) is 0 Å². The van der Waals surface area contributed by atoms with Crippen molar-refractivity contribution in [3.63, 3.8) is 0 Å². The quantitative estimate of drug-likeness (QED) is 0.471. The van der Waals surface area contributed by atoms with Crippen LogP contribution in [-0.2, 0) is 4.43 Å². The SMILES string of the molecule is CO[Si](C)(Cl)[Si](C)(C)C. The van der Waals surface area contributed by atoms with Gasteiger partial charge in [-0.05, 0) is 6.55 Å². The molecule has 4 heteroatoms. The molecular formula is C5H15ClOSi2. The van der Waals surface area contributed by atoms with Gasteiger partial charge in [0.15, 0.2) is 0 Å². The molecule has 0 aliphatic rings. The Bertz CT molecular complexity index is 97.6. The van der Waals surface area contributed by atoms with Crippen LogP contribution in [0.5, 0.6) is 0 Å². The first kappa shape index (κ1) is 9.68. The fraction of sp³-hybridized carbons (Fsp3) is 1.00. The normalized spacial score (nSPS) is 19.3. The zero-order chi connectivity index (χ0) is 7.71. The molecule has 56 valence electrons. The van der Waals surface area contributed by atoms with E-state index in [1.54, 1.807) is 7.11 Å². The van der Waals surface area contributed by atoms with Gasteiger partial charge >= 0.3 is 0 Å². The van der Waals surface area contributed by atoms with Crippen LogP contribution in [0.3, 0.4) is 0 Å². The minimum absolute atomic E-state index is 1.20. The van der Waals surface area contributed by atoms with Crippen LogP contribution < -0.4 is 0 Å². The number of rotatable bonds is 2. The Morgan fingerprint density at radius 1 is 1.11 bits per heavy atom. The summed E-state index contributed by atoms with van der Waals surface area (Å²) in [6.07, 6.45) is 0. The van der Waals surface area contributed by atoms with Gasteiger partial charge in [-0.1, -0.05) is 19.6 Å². The zero-order valence-electron chi connectivity index (χ0n) is 6.79. The third-order valence-electron chi connectivity index (χ3n) is 1.72. The van der Waals surface area contributed by atoms with Crippen molar-refractivity contribution in [1.82, 2.24) is 0 Å². The Morgan fingerprint density at radius 2 is 1.44 bits per heavy atom. The third kappa shape index (κ3) is 2.41. The largest absolute Gasteiger partial charge is 0.409 e. The Labute approximate surface area is 64.0 Å². The van der Waals surface area contributed by atoms with Crippen LogP contribution in [0.15, 0.2) is 0 Å². The lowest BCUT2D eigenvalue weighted by atomic mass is 11.8. The van der Waals surface area contributed by atoms with E-state index in [4.69, 9.17) is 15.5 Å². The van der Waals surface area contributed by atoms with Crippen molar-refractivity contribution in [2.75, 3.05) is 7.11 Å². The van der Waals surface area contributed by atoms with E-state index >= 15 is 0 Å². The topological polar surface area (TPSA) is 9.23 Å². The van der Waals surface area contributed by atoms with Crippen LogP contribution in [0, 0.1) is 0 Å². The van der Waals surface area contributed by atoms with Crippen LogP contribution >= 0.6 is 11.1 Å². The van der Waals surface area contributed by atoms with Gasteiger partial charge in [0, 0.05) is 7.11 Å². The lowest BCUT2D eigenvalue weighted by Gasteiger charge is -2.29. The van der Waals surface area contributed by atoms with Gasteiger partial charge in [-0.25, -0.2) is 0 Å². The second kappa shape index (κ2) is 2.74. The first-order chi connectivity index (χ1) is 3.81. The van der Waals surface area contributed by atoms with Gasteiger partial charge in [0.2, 0.25) is 0 Å². The van der Waals surface area contributed by atoms with Crippen molar-refractivity contribution in [3.8, 4) is 0 Å². The van der Waals surface area contributed by atoms with Crippen molar-refractivity contribution >= 4 is 25.8 Å². The molecule has 0 fully saturated rings. The monoisotopic (exact) mass is 182 g/mol. The Balaban J connectivity index is 4.14. The molecule has 0 amide bonds. The molecule has 1 atom stereocenters. The molecule has 1 unspecified atom stereocenters. The first-order valence-electron chi connectivity index (χ1n) is 3.05. The molecular weight excluding hydrogens is 168 g/mol. The zero-order valence-corrected chi connectivity index (χ0v) is 9.54. The van der Waals surface area contributed by atoms with E-state index in [2.05, 4.69) is 26.2 Å². The molecule has 0 saturated heterocycles. The third-order valence-corrected chi connectivity index (χ3v) is 19.4. The summed E-state index contributed by atoms with van der Waals surface area (Å²) in [6.45, 7) is 8.81. The molecule has 0 aromatic heterocycles. The van der Waals surface area contributed by atoms with E-state index < -0.39 is 14.7 Å². The van der Waals surface area contributed by atoms with Crippen molar-refractivity contribution in [3.05, 3.63) is 0 Å². The highest BCUT2D eigenvalue weighted by molar-refractivity contribution is 7.56. The van der Waals surface area contributed by atoms with Gasteiger partial charge in [-0.15, -0.1) is 11.1 Å². The predicted octanol–water partition coefficient (Wildman–Crippen LogP) is 2.36. The molecule has 9 heavy (non-hydrogen) atoms. The minimum Gasteiger partial charge on any atom is -0.409 e. The number of hydrogen-bond donors (Lipinski definition) is 0. The highest BCUT2D eigenvalue weighted by atomic mass is 35.6. The molecule has 0 bridgehead atoms. The Morgan fingerprint density at radius 3 is 1.44 bits per heavy atom. The summed E-state index contributed by atoms with van der Waals surface area (Å²) in [5.74, 6) is 0. The van der Waals surface area contributed by atoms with Gasteiger partial charge in [0.25, 0.3) is 7.14 Å². The molecule has 0 aromatic rings. The van der Waals surface area contributed by atoms with E-state index in [-0.39, 0.29) is 0 Å². The molecule has 0 heterocycles. The van der Waals surface area contributed by atoms with E-state index in [0.717, 1.165) is 0 Å². The van der Waals surface area contributed by atoms with Gasteiger partial charge in [0.1, 0.15) is 0 Å². The molecule has 0 aromatic carbocycles. The Hall–Kier alpha value is 0.684. The van der Waals surface area contributed by atoms with Crippen LogP contribution in [-0.4, -0.2) is 21.8 Å². The molecule has 0 aliphatic carbocycles. The molecule has 1 nitrogen and oxygen atoms in total. The number of hydrogen-bond acceptors (Lipinski definition) is 1. The first-order valence-corrected chi connectivity index (χ1v) is 11.0. The second-order valence-corrected chi connectivity index (χ2v) is 20.6. The van der Waals surface area contributed by atoms with Gasteiger partial charge in [-0.2, -0.15) is 0 Å². The van der Waals surface area contributed by atoms with Gasteiger partial charge in [-0.3, -0.25) is 0 Å². The fourth-order valence-electron chi connectivity index (χ4n) is 0.306. The number of halogens is 1. The lowest BCUT2D eigenvalue weighted by Crippen LogP contribution is -2.52. The smallest absolute Gasteiger partial charge is 0.268 e. The molecule has 0 saturated carbocycles. The standard InChI is InChI=1S/C5H15ClOSi2/c1-7-9(5,6)8(2,3)4/h1-5H3. The maximum Gasteiger partial charge on any atom is 0.268 e. The lowest BCUT2D eigenvalue weighted by molar-refractivity contribution is 0.430. The summed E-state index contributed by atoms with van der Waals surface area (Å²) >= 11 is 6.18. The minimum atomic E-state index is -1.77. The molecule has 0 aliphatic heterocycles. The van der Waals surface area contributed by atoms with Crippen LogP contribution in [0.2, 0.25) is 26.2 Å². The molecule has 0 spiro atoms. The van der Waals surface area contributed by atoms with Crippen molar-refractivity contribution < 1.29 is 4.43 Å². The fourth-order valence-corrected chi connectivity index (χ4v) is 2.76. The van der Waals surface area contributed by atoms with E-state index in [0.29, 0.717) is 0 Å². The van der Waals surface area contributed by atoms with Gasteiger partial charge < -0.3 is 4.43 Å².